The third-order valence-electron chi connectivity index (χ3n) is 5.21. The molecule has 0 bridgehead atoms. The van der Waals surface area contributed by atoms with Gasteiger partial charge in [0, 0.05) is 28.4 Å². The van der Waals surface area contributed by atoms with Crippen molar-refractivity contribution < 1.29 is 0 Å². The van der Waals surface area contributed by atoms with E-state index >= 15 is 0 Å². The van der Waals surface area contributed by atoms with E-state index in [0.717, 1.165) is 5.92 Å². The molecule has 3 aliphatic rings. The van der Waals surface area contributed by atoms with Gasteiger partial charge in [0.05, 0.1) is 0 Å². The van der Waals surface area contributed by atoms with E-state index in [4.69, 9.17) is 0 Å². The standard InChI is InChI=1S/C19H23NS/c1-14-17(19-10-5-11-21-19)12-16-8-2-3-9-18(16)20(14)13-15-6-4-7-15/h5,10-12,15H,1-4,6-9,13H2. The van der Waals surface area contributed by atoms with E-state index in [1.54, 1.807) is 11.3 Å². The minimum absolute atomic E-state index is 0.889. The number of thiophene rings is 1. The first-order valence-corrected chi connectivity index (χ1v) is 9.15. The van der Waals surface area contributed by atoms with E-state index in [1.165, 1.54) is 67.6 Å². The molecule has 4 rings (SSSR count). The molecule has 21 heavy (non-hydrogen) atoms. The Bertz CT molecular complexity index is 602. The zero-order valence-corrected chi connectivity index (χ0v) is 13.4. The summed E-state index contributed by atoms with van der Waals surface area (Å²) in [6.07, 6.45) is 11.8. The van der Waals surface area contributed by atoms with Crippen LogP contribution in [0.25, 0.3) is 5.57 Å². The van der Waals surface area contributed by atoms with Gasteiger partial charge in [0.15, 0.2) is 0 Å². The summed E-state index contributed by atoms with van der Waals surface area (Å²) in [5, 5.41) is 2.17. The van der Waals surface area contributed by atoms with Gasteiger partial charge >= 0.3 is 0 Å². The summed E-state index contributed by atoms with van der Waals surface area (Å²) in [4.78, 5) is 3.95. The van der Waals surface area contributed by atoms with Gasteiger partial charge in [0.25, 0.3) is 0 Å². The summed E-state index contributed by atoms with van der Waals surface area (Å²) in [5.41, 5.74) is 5.77. The summed E-state index contributed by atoms with van der Waals surface area (Å²) in [7, 11) is 0. The van der Waals surface area contributed by atoms with Crippen molar-refractivity contribution in [2.75, 3.05) is 6.54 Å². The molecule has 1 fully saturated rings. The highest BCUT2D eigenvalue weighted by atomic mass is 32.1. The van der Waals surface area contributed by atoms with Gasteiger partial charge < -0.3 is 4.90 Å². The van der Waals surface area contributed by atoms with Crippen LogP contribution in [0.2, 0.25) is 0 Å². The van der Waals surface area contributed by atoms with Gasteiger partial charge in [0.1, 0.15) is 0 Å². The van der Waals surface area contributed by atoms with Gasteiger partial charge in [0.2, 0.25) is 0 Å². The van der Waals surface area contributed by atoms with Crippen molar-refractivity contribution in [2.45, 2.75) is 44.9 Å². The highest BCUT2D eigenvalue weighted by Crippen LogP contribution is 2.43. The van der Waals surface area contributed by atoms with Crippen molar-refractivity contribution in [1.82, 2.24) is 4.90 Å². The fraction of sp³-hybridized carbons (Fsp3) is 0.474. The lowest BCUT2D eigenvalue weighted by atomic mass is 9.83. The van der Waals surface area contributed by atoms with Crippen LogP contribution in [0.5, 0.6) is 0 Å². The number of nitrogens with zero attached hydrogens (tertiary/aromatic N) is 1. The van der Waals surface area contributed by atoms with E-state index in [2.05, 4.69) is 35.1 Å². The Hall–Kier alpha value is -1.28. The number of hydrogen-bond donors (Lipinski definition) is 0. The van der Waals surface area contributed by atoms with Crippen LogP contribution in [0.15, 0.2) is 47.1 Å². The second-order valence-electron chi connectivity index (χ2n) is 6.57. The molecular formula is C19H23NS. The maximum absolute atomic E-state index is 4.47. The largest absolute Gasteiger partial charge is 0.345 e. The topological polar surface area (TPSA) is 3.24 Å². The van der Waals surface area contributed by atoms with Crippen LogP contribution in [0.1, 0.15) is 49.8 Å². The number of rotatable bonds is 3. The zero-order valence-electron chi connectivity index (χ0n) is 12.6. The van der Waals surface area contributed by atoms with Gasteiger partial charge in [-0.2, -0.15) is 0 Å². The van der Waals surface area contributed by atoms with Gasteiger partial charge in [-0.25, -0.2) is 0 Å². The summed E-state index contributed by atoms with van der Waals surface area (Å²) in [5.74, 6) is 0.889. The smallest absolute Gasteiger partial charge is 0.0423 e. The molecule has 2 heterocycles. The summed E-state index contributed by atoms with van der Waals surface area (Å²) >= 11 is 1.83. The maximum Gasteiger partial charge on any atom is 0.0423 e. The molecule has 0 amide bonds. The Balaban J connectivity index is 1.70. The van der Waals surface area contributed by atoms with Crippen molar-refractivity contribution in [2.24, 2.45) is 5.92 Å². The molecular weight excluding hydrogens is 274 g/mol. The molecule has 0 spiro atoms. The average Bonchev–Trinajstić information content (AvgIpc) is 2.98. The average molecular weight is 297 g/mol. The van der Waals surface area contributed by atoms with Gasteiger partial charge in [-0.3, -0.25) is 0 Å². The molecule has 1 nitrogen and oxygen atoms in total. The van der Waals surface area contributed by atoms with E-state index in [-0.39, 0.29) is 0 Å². The molecule has 1 saturated carbocycles. The lowest BCUT2D eigenvalue weighted by Gasteiger charge is -2.41. The molecule has 0 saturated heterocycles. The van der Waals surface area contributed by atoms with Crippen LogP contribution in [0.4, 0.5) is 0 Å². The highest BCUT2D eigenvalue weighted by Gasteiger charge is 2.30. The highest BCUT2D eigenvalue weighted by molar-refractivity contribution is 7.11. The second-order valence-corrected chi connectivity index (χ2v) is 7.52. The molecule has 110 valence electrons. The molecule has 0 N–H and O–H groups in total. The van der Waals surface area contributed by atoms with Crippen molar-refractivity contribution >= 4 is 16.9 Å². The summed E-state index contributed by atoms with van der Waals surface area (Å²) in [6, 6.07) is 4.38. The second kappa shape index (κ2) is 5.49. The monoisotopic (exact) mass is 297 g/mol. The first-order valence-electron chi connectivity index (χ1n) is 8.27. The summed E-state index contributed by atoms with van der Waals surface area (Å²) in [6.45, 7) is 5.66. The SMILES string of the molecule is C=C1C(c2cccs2)=CC2=C(CCCC2)N1CC1CCC1. The van der Waals surface area contributed by atoms with Crippen LogP contribution in [-0.4, -0.2) is 11.4 Å². The Morgan fingerprint density at radius 2 is 2.05 bits per heavy atom. The van der Waals surface area contributed by atoms with Crippen molar-refractivity contribution in [1.29, 1.82) is 0 Å². The molecule has 2 aliphatic carbocycles. The Morgan fingerprint density at radius 1 is 1.19 bits per heavy atom. The van der Waals surface area contributed by atoms with Gasteiger partial charge in [-0.15, -0.1) is 11.3 Å². The van der Waals surface area contributed by atoms with Crippen LogP contribution in [-0.2, 0) is 0 Å². The minimum Gasteiger partial charge on any atom is -0.345 e. The molecule has 2 heteroatoms. The Kier molecular flexibility index (Phi) is 3.50. The van der Waals surface area contributed by atoms with E-state index in [9.17, 15) is 0 Å². The minimum atomic E-state index is 0.889. The quantitative estimate of drug-likeness (QED) is 0.703. The maximum atomic E-state index is 4.47. The Labute approximate surface area is 131 Å². The zero-order chi connectivity index (χ0) is 14.2. The predicted octanol–water partition coefficient (Wildman–Crippen LogP) is 5.59. The van der Waals surface area contributed by atoms with Crippen LogP contribution < -0.4 is 0 Å². The number of hydrogen-bond acceptors (Lipinski definition) is 2. The Morgan fingerprint density at radius 3 is 2.76 bits per heavy atom. The molecule has 1 aromatic rings. The van der Waals surface area contributed by atoms with E-state index in [0.29, 0.717) is 0 Å². The fourth-order valence-corrected chi connectivity index (χ4v) is 4.51. The van der Waals surface area contributed by atoms with Crippen LogP contribution in [0, 0.1) is 5.92 Å². The molecule has 0 radical (unpaired) electrons. The third kappa shape index (κ3) is 2.40. The number of allylic oxidation sites excluding steroid dienone is 4. The van der Waals surface area contributed by atoms with Crippen molar-refractivity contribution in [3.05, 3.63) is 52.0 Å². The molecule has 0 atom stereocenters. The molecule has 1 aromatic heterocycles. The summed E-state index contributed by atoms with van der Waals surface area (Å²) < 4.78 is 0. The first kappa shape index (κ1) is 13.4. The third-order valence-corrected chi connectivity index (χ3v) is 6.12. The molecule has 0 aromatic carbocycles. The van der Waals surface area contributed by atoms with Crippen LogP contribution >= 0.6 is 11.3 Å². The first-order chi connectivity index (χ1) is 10.3. The molecule has 0 unspecified atom stereocenters. The lowest BCUT2D eigenvalue weighted by Crippen LogP contribution is -2.34. The normalized spacial score (nSPS) is 23.0. The van der Waals surface area contributed by atoms with E-state index in [1.807, 2.05) is 11.3 Å². The van der Waals surface area contributed by atoms with Crippen LogP contribution in [0.3, 0.4) is 0 Å². The fourth-order valence-electron chi connectivity index (χ4n) is 3.74. The molecule has 1 aliphatic heterocycles. The lowest BCUT2D eigenvalue weighted by molar-refractivity contribution is 0.235. The van der Waals surface area contributed by atoms with E-state index < -0.39 is 0 Å². The van der Waals surface area contributed by atoms with Crippen molar-refractivity contribution in [3.8, 4) is 0 Å². The van der Waals surface area contributed by atoms with Gasteiger partial charge in [-0.05, 0) is 67.5 Å². The van der Waals surface area contributed by atoms with Crippen molar-refractivity contribution in [3.63, 3.8) is 0 Å². The van der Waals surface area contributed by atoms with Gasteiger partial charge in [-0.1, -0.05) is 19.1 Å². The predicted molar refractivity (Wildman–Crippen MR) is 91.0 cm³/mol.